The molecule has 0 aromatic carbocycles. The molecule has 92 valence electrons. The average Bonchev–Trinajstić information content (AvgIpc) is 2.15. The normalized spacial score (nSPS) is 18.3. The summed E-state index contributed by atoms with van der Waals surface area (Å²) in [5, 5.41) is 7.43. The second-order valence-corrected chi connectivity index (χ2v) is 3.66. The first kappa shape index (κ1) is 12.6. The third-order valence-corrected chi connectivity index (χ3v) is 2.49. The molecule has 0 atom stereocenters. The fourth-order valence-corrected chi connectivity index (χ4v) is 1.61. The molecular weight excluding hydrogens is 223 g/mol. The molecule has 16 heavy (non-hydrogen) atoms. The second kappa shape index (κ2) is 4.58. The molecule has 0 aliphatic carbocycles. The van der Waals surface area contributed by atoms with Crippen LogP contribution in [0.25, 0.3) is 0 Å². The molecule has 0 aromatic heterocycles. The molecule has 0 saturated carbocycles. The van der Waals surface area contributed by atoms with E-state index in [-0.39, 0.29) is 37.9 Å². The lowest BCUT2D eigenvalue weighted by Crippen LogP contribution is -2.42. The van der Waals surface area contributed by atoms with Crippen LogP contribution >= 0.6 is 0 Å². The summed E-state index contributed by atoms with van der Waals surface area (Å²) in [5.74, 6) is -1.72. The zero-order chi connectivity index (χ0) is 12.3. The zero-order valence-corrected chi connectivity index (χ0v) is 8.59. The van der Waals surface area contributed by atoms with Crippen molar-refractivity contribution in [3.8, 4) is 0 Å². The highest BCUT2D eigenvalue weighted by molar-refractivity contribution is 5.91. The van der Waals surface area contributed by atoms with Crippen molar-refractivity contribution < 1.29 is 13.2 Å². The van der Waals surface area contributed by atoms with Crippen molar-refractivity contribution in [1.29, 1.82) is 5.41 Å². The van der Waals surface area contributed by atoms with Gasteiger partial charge < -0.3 is 16.4 Å². The van der Waals surface area contributed by atoms with Gasteiger partial charge in [-0.1, -0.05) is 0 Å². The Morgan fingerprint density at radius 3 is 2.12 bits per heavy atom. The number of piperidine rings is 1. The molecule has 8 heteroatoms. The lowest BCUT2D eigenvalue weighted by Gasteiger charge is -2.32. The highest BCUT2D eigenvalue weighted by Gasteiger charge is 2.41. The van der Waals surface area contributed by atoms with Crippen molar-refractivity contribution in [3.05, 3.63) is 0 Å². The van der Waals surface area contributed by atoms with E-state index in [9.17, 15) is 13.2 Å². The van der Waals surface area contributed by atoms with E-state index < -0.39 is 12.1 Å². The summed E-state index contributed by atoms with van der Waals surface area (Å²) in [6.45, 7) is 0.305. The molecule has 1 heterocycles. The number of alkyl halides is 3. The predicted octanol–water partition coefficient (Wildman–Crippen LogP) is 0.469. The summed E-state index contributed by atoms with van der Waals surface area (Å²) in [6.07, 6.45) is -4.19. The summed E-state index contributed by atoms with van der Waals surface area (Å²) in [6, 6.07) is 0. The summed E-state index contributed by atoms with van der Waals surface area (Å²) in [5.41, 5.74) is 10.2. The maximum absolute atomic E-state index is 12.3. The Morgan fingerprint density at radius 1 is 1.25 bits per heavy atom. The van der Waals surface area contributed by atoms with Crippen molar-refractivity contribution in [2.75, 3.05) is 13.1 Å². The van der Waals surface area contributed by atoms with Crippen molar-refractivity contribution in [1.82, 2.24) is 4.90 Å². The molecule has 0 amide bonds. The van der Waals surface area contributed by atoms with Crippen LogP contribution in [0.4, 0.5) is 13.2 Å². The van der Waals surface area contributed by atoms with Gasteiger partial charge in [0.15, 0.2) is 5.96 Å². The lowest BCUT2D eigenvalue weighted by atomic mass is 9.96. The van der Waals surface area contributed by atoms with Gasteiger partial charge in [0, 0.05) is 13.1 Å². The molecule has 5 nitrogen and oxygen atoms in total. The number of guanidine groups is 2. The largest absolute Gasteiger partial charge is 0.391 e. The van der Waals surface area contributed by atoms with Crippen molar-refractivity contribution in [2.24, 2.45) is 22.4 Å². The molecule has 1 aliphatic heterocycles. The highest BCUT2D eigenvalue weighted by Crippen LogP contribution is 2.34. The van der Waals surface area contributed by atoms with E-state index in [2.05, 4.69) is 4.99 Å². The third kappa shape index (κ3) is 3.28. The lowest BCUT2D eigenvalue weighted by molar-refractivity contribution is -0.183. The second-order valence-electron chi connectivity index (χ2n) is 3.66. The van der Waals surface area contributed by atoms with Crippen LogP contribution in [0.1, 0.15) is 12.8 Å². The Labute approximate surface area is 90.8 Å². The number of halogens is 3. The predicted molar refractivity (Wildman–Crippen MR) is 53.9 cm³/mol. The summed E-state index contributed by atoms with van der Waals surface area (Å²) in [4.78, 5) is 4.92. The molecule has 1 rings (SSSR count). The number of rotatable bonds is 0. The van der Waals surface area contributed by atoms with Crippen LogP contribution in [0.2, 0.25) is 0 Å². The standard InChI is InChI=1S/C8H14F3N5/c9-8(10,11)5-1-3-16(4-2-5)7(14)15-6(12)13/h5H,1-4H2,(H5,12,13,14,15). The number of nitrogens with one attached hydrogen (secondary N) is 1. The molecule has 0 radical (unpaired) electrons. The van der Waals surface area contributed by atoms with Gasteiger partial charge >= 0.3 is 6.18 Å². The maximum Gasteiger partial charge on any atom is 0.391 e. The minimum absolute atomic E-state index is 0.0219. The smallest absolute Gasteiger partial charge is 0.370 e. The van der Waals surface area contributed by atoms with Crippen LogP contribution in [-0.4, -0.2) is 36.1 Å². The molecule has 1 fully saturated rings. The Hall–Kier alpha value is -1.47. The molecule has 0 aromatic rings. The van der Waals surface area contributed by atoms with Crippen LogP contribution < -0.4 is 11.5 Å². The van der Waals surface area contributed by atoms with Gasteiger partial charge in [0.1, 0.15) is 0 Å². The van der Waals surface area contributed by atoms with E-state index in [1.54, 1.807) is 0 Å². The van der Waals surface area contributed by atoms with E-state index in [0.29, 0.717) is 0 Å². The van der Waals surface area contributed by atoms with Gasteiger partial charge in [0.2, 0.25) is 5.96 Å². The fourth-order valence-electron chi connectivity index (χ4n) is 1.61. The highest BCUT2D eigenvalue weighted by atomic mass is 19.4. The molecule has 0 unspecified atom stereocenters. The van der Waals surface area contributed by atoms with E-state index in [1.165, 1.54) is 4.90 Å². The number of nitrogens with zero attached hydrogens (tertiary/aromatic N) is 2. The molecular formula is C8H14F3N5. The minimum atomic E-state index is -4.15. The minimum Gasteiger partial charge on any atom is -0.370 e. The molecule has 1 aliphatic rings. The van der Waals surface area contributed by atoms with Crippen molar-refractivity contribution in [2.45, 2.75) is 19.0 Å². The quantitative estimate of drug-likeness (QED) is 0.422. The van der Waals surface area contributed by atoms with Crippen molar-refractivity contribution in [3.63, 3.8) is 0 Å². The van der Waals surface area contributed by atoms with Gasteiger partial charge in [0.25, 0.3) is 0 Å². The first-order chi connectivity index (χ1) is 7.30. The van der Waals surface area contributed by atoms with Crippen molar-refractivity contribution >= 4 is 11.9 Å². The topological polar surface area (TPSA) is 91.5 Å². The zero-order valence-electron chi connectivity index (χ0n) is 8.59. The first-order valence-electron chi connectivity index (χ1n) is 4.80. The third-order valence-electron chi connectivity index (χ3n) is 2.49. The average molecular weight is 237 g/mol. The van der Waals surface area contributed by atoms with Gasteiger partial charge in [-0.15, -0.1) is 0 Å². The van der Waals surface area contributed by atoms with Gasteiger partial charge in [-0.3, -0.25) is 5.41 Å². The van der Waals surface area contributed by atoms with E-state index >= 15 is 0 Å². The molecule has 1 saturated heterocycles. The summed E-state index contributed by atoms with van der Waals surface area (Å²) < 4.78 is 37.0. The Kier molecular flexibility index (Phi) is 3.61. The van der Waals surface area contributed by atoms with Crippen LogP contribution in [0.3, 0.4) is 0 Å². The number of hydrogen-bond acceptors (Lipinski definition) is 1. The van der Waals surface area contributed by atoms with Gasteiger partial charge in [-0.25, -0.2) is 0 Å². The van der Waals surface area contributed by atoms with E-state index in [4.69, 9.17) is 16.9 Å². The summed E-state index contributed by atoms with van der Waals surface area (Å²) in [7, 11) is 0. The van der Waals surface area contributed by atoms with E-state index in [0.717, 1.165) is 0 Å². The van der Waals surface area contributed by atoms with Gasteiger partial charge in [0.05, 0.1) is 5.92 Å². The SMILES string of the molecule is N=C(N=C(N)N)N1CCC(C(F)(F)F)CC1. The number of hydrogen-bond donors (Lipinski definition) is 3. The van der Waals surface area contributed by atoms with Crippen LogP contribution in [0, 0.1) is 11.3 Å². The molecule has 0 bridgehead atoms. The van der Waals surface area contributed by atoms with Gasteiger partial charge in [-0.2, -0.15) is 18.2 Å². The monoisotopic (exact) mass is 237 g/mol. The fraction of sp³-hybridized carbons (Fsp3) is 0.750. The van der Waals surface area contributed by atoms with Crippen LogP contribution in [0.15, 0.2) is 4.99 Å². The maximum atomic E-state index is 12.3. The molecule has 5 N–H and O–H groups in total. The Bertz CT molecular complexity index is 287. The van der Waals surface area contributed by atoms with Gasteiger partial charge in [-0.05, 0) is 12.8 Å². The summed E-state index contributed by atoms with van der Waals surface area (Å²) >= 11 is 0. The Morgan fingerprint density at radius 2 is 1.75 bits per heavy atom. The Balaban J connectivity index is 2.50. The number of likely N-dealkylation sites (tertiary alicyclic amines) is 1. The number of aliphatic imine (C=N–C) groups is 1. The van der Waals surface area contributed by atoms with E-state index in [1.807, 2.05) is 0 Å². The van der Waals surface area contributed by atoms with Crippen LogP contribution in [0.5, 0.6) is 0 Å². The number of nitrogens with two attached hydrogens (primary N) is 2. The van der Waals surface area contributed by atoms with Crippen LogP contribution in [-0.2, 0) is 0 Å². The molecule has 0 spiro atoms. The first-order valence-corrected chi connectivity index (χ1v) is 4.80.